The summed E-state index contributed by atoms with van der Waals surface area (Å²) >= 11 is 0. The molecule has 0 atom stereocenters. The van der Waals surface area contributed by atoms with Gasteiger partial charge in [-0.05, 0) is 147 Å². The smallest absolute Gasteiger partial charge is 0.0393 e. The summed E-state index contributed by atoms with van der Waals surface area (Å²) < 4.78 is 0. The average Bonchev–Trinajstić information content (AvgIpc) is 2.88. The Kier molecular flexibility index (Phi) is 8.42. The van der Waals surface area contributed by atoms with Gasteiger partial charge in [-0.1, -0.05) is 69.8 Å². The number of anilines is 1. The minimum atomic E-state index is 0. The van der Waals surface area contributed by atoms with Crippen LogP contribution in [0.25, 0.3) is 11.1 Å². The molecule has 2 aromatic carbocycles. The third kappa shape index (κ3) is 5.47. The molecule has 8 bridgehead atoms. The van der Waals surface area contributed by atoms with Crippen LogP contribution in [0.1, 0.15) is 96.8 Å². The zero-order chi connectivity index (χ0) is 25.7. The third-order valence-electron chi connectivity index (χ3n) is 11.9. The SMILES string of the molecule is CCCCP(C12CC3CC(CC(C3)C1)C2)C12CC3CC(CC(C3)C1)C2.Nc1ccccc1-c1ccccc1.[Pd]. The van der Waals surface area contributed by atoms with E-state index in [1.54, 1.807) is 89.6 Å². The maximum absolute atomic E-state index is 5.85. The van der Waals surface area contributed by atoms with E-state index >= 15 is 0 Å². The Morgan fingerprint density at radius 1 is 0.641 bits per heavy atom. The van der Waals surface area contributed by atoms with Gasteiger partial charge in [0.25, 0.3) is 0 Å². The summed E-state index contributed by atoms with van der Waals surface area (Å²) in [4.78, 5) is 0. The number of benzene rings is 2. The first-order valence-corrected chi connectivity index (χ1v) is 17.7. The monoisotopic (exact) mass is 633 g/mol. The first kappa shape index (κ1) is 28.5. The van der Waals surface area contributed by atoms with Gasteiger partial charge >= 0.3 is 0 Å². The van der Waals surface area contributed by atoms with Crippen molar-refractivity contribution < 1.29 is 20.4 Å². The van der Waals surface area contributed by atoms with Crippen molar-refractivity contribution in [1.82, 2.24) is 0 Å². The van der Waals surface area contributed by atoms with Crippen molar-refractivity contribution in [2.24, 2.45) is 35.5 Å². The van der Waals surface area contributed by atoms with Gasteiger partial charge in [0.15, 0.2) is 0 Å². The zero-order valence-electron chi connectivity index (χ0n) is 24.1. The second kappa shape index (κ2) is 11.5. The van der Waals surface area contributed by atoms with Crippen LogP contribution in [0, 0.1) is 35.5 Å². The van der Waals surface area contributed by atoms with Crippen molar-refractivity contribution in [2.75, 3.05) is 11.9 Å². The molecule has 8 fully saturated rings. The Bertz CT molecular complexity index is 997. The van der Waals surface area contributed by atoms with Crippen molar-refractivity contribution >= 4 is 13.6 Å². The molecular formula is C36H50NPPd. The molecule has 39 heavy (non-hydrogen) atoms. The van der Waals surface area contributed by atoms with E-state index in [0.29, 0.717) is 0 Å². The molecule has 2 N–H and O–H groups in total. The summed E-state index contributed by atoms with van der Waals surface area (Å²) in [5, 5.41) is 1.76. The van der Waals surface area contributed by atoms with Crippen molar-refractivity contribution in [3.05, 3.63) is 54.6 Å². The average molecular weight is 634 g/mol. The molecule has 0 heterocycles. The van der Waals surface area contributed by atoms with E-state index in [9.17, 15) is 0 Å². The number of para-hydroxylation sites is 1. The normalized spacial score (nSPS) is 39.5. The van der Waals surface area contributed by atoms with Crippen LogP contribution in [0.3, 0.4) is 0 Å². The second-order valence-corrected chi connectivity index (χ2v) is 17.9. The molecule has 8 aliphatic carbocycles. The van der Waals surface area contributed by atoms with E-state index in [-0.39, 0.29) is 28.3 Å². The number of hydrogen-bond acceptors (Lipinski definition) is 1. The molecule has 0 aliphatic heterocycles. The molecule has 214 valence electrons. The van der Waals surface area contributed by atoms with Crippen LogP contribution < -0.4 is 5.73 Å². The molecular weight excluding hydrogens is 584 g/mol. The summed E-state index contributed by atoms with van der Waals surface area (Å²) in [6.45, 7) is 2.45. The molecule has 2 aromatic rings. The largest absolute Gasteiger partial charge is 0.398 e. The topological polar surface area (TPSA) is 26.0 Å². The first-order valence-electron chi connectivity index (χ1n) is 16.2. The van der Waals surface area contributed by atoms with Crippen LogP contribution in [0.2, 0.25) is 0 Å². The summed E-state index contributed by atoms with van der Waals surface area (Å²) in [7, 11) is 0.285. The van der Waals surface area contributed by atoms with Gasteiger partial charge in [-0.15, -0.1) is 0 Å². The summed E-state index contributed by atoms with van der Waals surface area (Å²) in [6, 6.07) is 18.1. The summed E-state index contributed by atoms with van der Waals surface area (Å²) in [5.74, 6) is 6.95. The molecule has 0 spiro atoms. The fraction of sp³-hybridized carbons (Fsp3) is 0.667. The Morgan fingerprint density at radius 2 is 1.05 bits per heavy atom. The van der Waals surface area contributed by atoms with Gasteiger partial charge in [0.2, 0.25) is 0 Å². The molecule has 0 aromatic heterocycles. The van der Waals surface area contributed by atoms with Crippen LogP contribution in [0.15, 0.2) is 54.6 Å². The number of unbranched alkanes of at least 4 members (excludes halogenated alkanes) is 1. The Balaban J connectivity index is 0.000000169. The summed E-state index contributed by atoms with van der Waals surface area (Å²) in [6.07, 6.45) is 24.6. The Labute approximate surface area is 253 Å². The number of rotatable bonds is 6. The van der Waals surface area contributed by atoms with Gasteiger partial charge in [-0.2, -0.15) is 0 Å². The van der Waals surface area contributed by atoms with Crippen LogP contribution >= 0.6 is 7.92 Å². The fourth-order valence-corrected chi connectivity index (χ4v) is 16.9. The zero-order valence-corrected chi connectivity index (χ0v) is 26.6. The van der Waals surface area contributed by atoms with Crippen LogP contribution in [-0.4, -0.2) is 16.5 Å². The van der Waals surface area contributed by atoms with Gasteiger partial charge in [0.05, 0.1) is 0 Å². The number of nitrogens with two attached hydrogens (primary N) is 1. The molecule has 8 aliphatic rings. The van der Waals surface area contributed by atoms with E-state index in [2.05, 4.69) is 19.1 Å². The predicted molar refractivity (Wildman–Crippen MR) is 165 cm³/mol. The van der Waals surface area contributed by atoms with Crippen molar-refractivity contribution in [3.8, 4) is 11.1 Å². The van der Waals surface area contributed by atoms with E-state index in [1.165, 1.54) is 12.0 Å². The minimum Gasteiger partial charge on any atom is -0.398 e. The van der Waals surface area contributed by atoms with Crippen molar-refractivity contribution in [3.63, 3.8) is 0 Å². The maximum atomic E-state index is 5.85. The molecule has 0 saturated heterocycles. The predicted octanol–water partition coefficient (Wildman–Crippen LogP) is 10.1. The van der Waals surface area contributed by atoms with E-state index < -0.39 is 0 Å². The third-order valence-corrected chi connectivity index (χ3v) is 16.1. The summed E-state index contributed by atoms with van der Waals surface area (Å²) in [5.41, 5.74) is 8.95. The molecule has 0 amide bonds. The van der Waals surface area contributed by atoms with Crippen LogP contribution in [-0.2, 0) is 20.4 Å². The van der Waals surface area contributed by atoms with Gasteiger partial charge in [-0.25, -0.2) is 0 Å². The van der Waals surface area contributed by atoms with Crippen LogP contribution in [0.4, 0.5) is 5.69 Å². The van der Waals surface area contributed by atoms with E-state index in [4.69, 9.17) is 5.73 Å². The molecule has 10 rings (SSSR count). The molecule has 0 unspecified atom stereocenters. The Hall–Kier alpha value is -0.668. The van der Waals surface area contributed by atoms with Gasteiger partial charge < -0.3 is 5.73 Å². The van der Waals surface area contributed by atoms with Gasteiger partial charge in [0.1, 0.15) is 0 Å². The first-order chi connectivity index (χ1) is 18.5. The quantitative estimate of drug-likeness (QED) is 0.191. The Morgan fingerprint density at radius 3 is 1.46 bits per heavy atom. The molecule has 8 saturated carbocycles. The number of nitrogen functional groups attached to an aromatic ring is 1. The fourth-order valence-electron chi connectivity index (χ4n) is 11.5. The maximum Gasteiger partial charge on any atom is 0.0393 e. The van der Waals surface area contributed by atoms with E-state index in [0.717, 1.165) is 57.1 Å². The second-order valence-electron chi connectivity index (χ2n) is 14.7. The molecule has 0 radical (unpaired) electrons. The van der Waals surface area contributed by atoms with Gasteiger partial charge in [-0.3, -0.25) is 0 Å². The molecule has 1 nitrogen and oxygen atoms in total. The van der Waals surface area contributed by atoms with Crippen molar-refractivity contribution in [2.45, 2.75) is 107 Å². The van der Waals surface area contributed by atoms with Crippen molar-refractivity contribution in [1.29, 1.82) is 0 Å². The standard InChI is InChI=1S/C24H39P.C12H11N.Pd/c1-2-3-4-25(23-11-17-5-18(12-23)7-19(6-17)13-23)24-14-20-8-21(15-24)10-22(9-20)16-24;13-12-9-5-4-8-11(12)10-6-2-1-3-7-10;/h17-22H,2-16H2,1H3;1-9H,13H2;. The minimum absolute atomic E-state index is 0. The van der Waals surface area contributed by atoms with Crippen LogP contribution in [0.5, 0.6) is 0 Å². The number of hydrogen-bond donors (Lipinski definition) is 1. The molecule has 3 heteroatoms. The van der Waals surface area contributed by atoms with E-state index in [1.807, 2.05) is 42.5 Å². The van der Waals surface area contributed by atoms with Gasteiger partial charge in [0, 0.05) is 31.7 Å².